The minimum Gasteiger partial charge on any atom is -0.375 e. The minimum atomic E-state index is 0.714. The van der Waals surface area contributed by atoms with Gasteiger partial charge in [-0.1, -0.05) is 62.2 Å². The molecule has 0 spiro atoms. The van der Waals surface area contributed by atoms with Crippen molar-refractivity contribution < 1.29 is 4.74 Å². The molecule has 108 valence electrons. The summed E-state index contributed by atoms with van der Waals surface area (Å²) >= 11 is 6.98. The van der Waals surface area contributed by atoms with Gasteiger partial charge >= 0.3 is 0 Å². The average molecular weight is 393 g/mol. The first kappa shape index (κ1) is 17.2. The third-order valence-electron chi connectivity index (χ3n) is 2.88. The first-order chi connectivity index (χ1) is 9.36. The van der Waals surface area contributed by atoms with E-state index in [9.17, 15) is 0 Å². The van der Waals surface area contributed by atoms with Crippen molar-refractivity contribution in [2.75, 3.05) is 36.9 Å². The summed E-state index contributed by atoms with van der Waals surface area (Å²) in [5.41, 5.74) is 1.25. The monoisotopic (exact) mass is 391 g/mol. The van der Waals surface area contributed by atoms with Crippen LogP contribution in [0.5, 0.6) is 0 Å². The molecule has 0 aliphatic carbocycles. The van der Waals surface area contributed by atoms with Crippen molar-refractivity contribution in [3.63, 3.8) is 0 Å². The van der Waals surface area contributed by atoms with E-state index in [2.05, 4.69) is 61.0 Å². The Hall–Kier alpha value is 0.1000. The number of nitrogens with zero attached hydrogens (tertiary/aromatic N) is 1. The van der Waals surface area contributed by atoms with Crippen LogP contribution in [-0.4, -0.2) is 41.8 Å². The molecule has 0 N–H and O–H groups in total. The van der Waals surface area contributed by atoms with E-state index in [0.29, 0.717) is 6.61 Å². The topological polar surface area (TPSA) is 12.5 Å². The lowest BCUT2D eigenvalue weighted by Gasteiger charge is -2.21. The highest BCUT2D eigenvalue weighted by Gasteiger charge is 2.04. The van der Waals surface area contributed by atoms with Gasteiger partial charge in [-0.15, -0.1) is 0 Å². The lowest BCUT2D eigenvalue weighted by molar-refractivity contribution is 0.0927. The number of alkyl halides is 2. The first-order valence-corrected chi connectivity index (χ1v) is 9.07. The average Bonchev–Trinajstić information content (AvgIpc) is 2.46. The Labute approximate surface area is 133 Å². The maximum Gasteiger partial charge on any atom is 0.0717 e. The smallest absolute Gasteiger partial charge is 0.0717 e. The van der Waals surface area contributed by atoms with E-state index in [-0.39, 0.29) is 0 Å². The Morgan fingerprint density at radius 2 is 1.53 bits per heavy atom. The van der Waals surface area contributed by atoms with E-state index in [1.54, 1.807) is 0 Å². The molecule has 0 aliphatic heterocycles. The van der Waals surface area contributed by atoms with Crippen LogP contribution < -0.4 is 0 Å². The van der Waals surface area contributed by atoms with Gasteiger partial charge in [-0.2, -0.15) is 0 Å². The molecule has 0 radical (unpaired) electrons. The lowest BCUT2D eigenvalue weighted by Crippen LogP contribution is -2.30. The minimum absolute atomic E-state index is 0.714. The fraction of sp³-hybridized carbons (Fsp3) is 0.600. The number of halogens is 2. The van der Waals surface area contributed by atoms with Crippen LogP contribution in [0.3, 0.4) is 0 Å². The van der Waals surface area contributed by atoms with Gasteiger partial charge in [0.05, 0.1) is 13.2 Å². The van der Waals surface area contributed by atoms with Gasteiger partial charge in [0.2, 0.25) is 0 Å². The van der Waals surface area contributed by atoms with E-state index in [0.717, 1.165) is 36.9 Å². The van der Waals surface area contributed by atoms with Gasteiger partial charge < -0.3 is 9.64 Å². The van der Waals surface area contributed by atoms with Crippen LogP contribution in [0.15, 0.2) is 30.3 Å². The third-order valence-corrected chi connectivity index (χ3v) is 4.00. The van der Waals surface area contributed by atoms with Crippen LogP contribution in [0.25, 0.3) is 0 Å². The molecule has 0 heterocycles. The lowest BCUT2D eigenvalue weighted by atomic mass is 10.2. The van der Waals surface area contributed by atoms with Crippen molar-refractivity contribution >= 4 is 31.9 Å². The van der Waals surface area contributed by atoms with E-state index in [1.165, 1.54) is 18.4 Å². The Morgan fingerprint density at radius 1 is 0.895 bits per heavy atom. The third kappa shape index (κ3) is 8.79. The van der Waals surface area contributed by atoms with Crippen LogP contribution in [0.2, 0.25) is 0 Å². The van der Waals surface area contributed by atoms with Crippen molar-refractivity contribution in [3.8, 4) is 0 Å². The summed E-state index contributed by atoms with van der Waals surface area (Å²) in [5, 5.41) is 2.14. The molecule has 0 saturated heterocycles. The van der Waals surface area contributed by atoms with Crippen molar-refractivity contribution in [1.82, 2.24) is 4.90 Å². The van der Waals surface area contributed by atoms with E-state index in [4.69, 9.17) is 4.74 Å². The van der Waals surface area contributed by atoms with Crippen LogP contribution in [0.4, 0.5) is 0 Å². The number of rotatable bonds is 11. The van der Waals surface area contributed by atoms with Crippen LogP contribution in [0.1, 0.15) is 18.4 Å². The Kier molecular flexibility index (Phi) is 10.7. The van der Waals surface area contributed by atoms with E-state index in [1.807, 2.05) is 6.07 Å². The highest BCUT2D eigenvalue weighted by Crippen LogP contribution is 2.02. The molecule has 1 rings (SSSR count). The number of hydrogen-bond donors (Lipinski definition) is 0. The predicted molar refractivity (Wildman–Crippen MR) is 89.4 cm³/mol. The van der Waals surface area contributed by atoms with Gasteiger partial charge in [-0.25, -0.2) is 0 Å². The number of ether oxygens (including phenoxy) is 1. The molecule has 4 heteroatoms. The van der Waals surface area contributed by atoms with Crippen molar-refractivity contribution in [1.29, 1.82) is 0 Å². The zero-order valence-corrected chi connectivity index (χ0v) is 14.5. The Morgan fingerprint density at radius 3 is 2.11 bits per heavy atom. The van der Waals surface area contributed by atoms with Crippen molar-refractivity contribution in [2.45, 2.75) is 19.4 Å². The predicted octanol–water partition coefficient (Wildman–Crippen LogP) is 4.08. The molecule has 0 aliphatic rings. The normalized spacial score (nSPS) is 11.1. The molecular formula is C15H23Br2NO. The van der Waals surface area contributed by atoms with Gasteiger partial charge in [0, 0.05) is 17.2 Å². The van der Waals surface area contributed by atoms with E-state index >= 15 is 0 Å². The molecule has 0 saturated carbocycles. The maximum atomic E-state index is 5.75. The molecule has 1 aromatic carbocycles. The molecule has 0 amide bonds. The van der Waals surface area contributed by atoms with Gasteiger partial charge in [0.1, 0.15) is 0 Å². The van der Waals surface area contributed by atoms with Crippen LogP contribution >= 0.6 is 31.9 Å². The second kappa shape index (κ2) is 11.9. The summed E-state index contributed by atoms with van der Waals surface area (Å²) in [6, 6.07) is 10.3. The zero-order valence-electron chi connectivity index (χ0n) is 11.4. The Bertz CT molecular complexity index is 300. The van der Waals surface area contributed by atoms with Gasteiger partial charge in [-0.05, 0) is 31.5 Å². The summed E-state index contributed by atoms with van der Waals surface area (Å²) in [6.07, 6.45) is 2.39. The Balaban J connectivity index is 2.16. The van der Waals surface area contributed by atoms with E-state index < -0.39 is 0 Å². The summed E-state index contributed by atoms with van der Waals surface area (Å²) in [6.45, 7) is 4.83. The molecule has 2 nitrogen and oxygen atoms in total. The standard InChI is InChI=1S/C15H23Br2NO/c16-8-4-10-18(11-5-9-17)12-13-19-14-15-6-2-1-3-7-15/h1-3,6-7H,4-5,8-14H2. The number of hydrogen-bond acceptors (Lipinski definition) is 2. The second-order valence-corrected chi connectivity index (χ2v) is 6.05. The molecule has 1 aromatic rings. The van der Waals surface area contributed by atoms with Crippen molar-refractivity contribution in [3.05, 3.63) is 35.9 Å². The second-order valence-electron chi connectivity index (χ2n) is 4.46. The molecular weight excluding hydrogens is 370 g/mol. The summed E-state index contributed by atoms with van der Waals surface area (Å²) in [7, 11) is 0. The molecule has 0 aromatic heterocycles. The van der Waals surface area contributed by atoms with Crippen LogP contribution in [0, 0.1) is 0 Å². The maximum absolute atomic E-state index is 5.75. The highest BCUT2D eigenvalue weighted by atomic mass is 79.9. The van der Waals surface area contributed by atoms with Crippen molar-refractivity contribution in [2.24, 2.45) is 0 Å². The van der Waals surface area contributed by atoms with Crippen LogP contribution in [-0.2, 0) is 11.3 Å². The summed E-state index contributed by atoms with van der Waals surface area (Å²) in [4.78, 5) is 2.48. The van der Waals surface area contributed by atoms with Gasteiger partial charge in [0.25, 0.3) is 0 Å². The molecule has 19 heavy (non-hydrogen) atoms. The molecule has 0 bridgehead atoms. The number of benzene rings is 1. The molecule has 0 unspecified atom stereocenters. The SMILES string of the molecule is BrCCCN(CCCBr)CCOCc1ccccc1. The fourth-order valence-corrected chi connectivity index (χ4v) is 2.36. The largest absolute Gasteiger partial charge is 0.375 e. The molecule has 0 atom stereocenters. The van der Waals surface area contributed by atoms with Gasteiger partial charge in [0.15, 0.2) is 0 Å². The van der Waals surface area contributed by atoms with Gasteiger partial charge in [-0.3, -0.25) is 0 Å². The summed E-state index contributed by atoms with van der Waals surface area (Å²) < 4.78 is 5.75. The quantitative estimate of drug-likeness (QED) is 0.415. The highest BCUT2D eigenvalue weighted by molar-refractivity contribution is 9.09. The molecule has 0 fully saturated rings. The first-order valence-electron chi connectivity index (χ1n) is 6.82. The zero-order chi connectivity index (χ0) is 13.8. The summed E-state index contributed by atoms with van der Waals surface area (Å²) in [5.74, 6) is 0. The fourth-order valence-electron chi connectivity index (χ4n) is 1.86.